The number of nitrogens with one attached hydrogen (secondary N) is 4. The molecule has 9 nitrogen and oxygen atoms in total. The number of para-hydroxylation sites is 1. The van der Waals surface area contributed by atoms with Gasteiger partial charge in [-0.1, -0.05) is 35.9 Å². The zero-order valence-corrected chi connectivity index (χ0v) is 22.4. The van der Waals surface area contributed by atoms with E-state index in [0.717, 1.165) is 18.0 Å². The zero-order chi connectivity index (χ0) is 29.3. The van der Waals surface area contributed by atoms with Crippen molar-refractivity contribution >= 4 is 53.1 Å². The van der Waals surface area contributed by atoms with E-state index in [0.29, 0.717) is 27.9 Å². The van der Waals surface area contributed by atoms with Crippen LogP contribution in [0, 0.1) is 23.1 Å². The van der Waals surface area contributed by atoms with Crippen molar-refractivity contribution in [1.29, 1.82) is 5.26 Å². The van der Waals surface area contributed by atoms with Crippen LogP contribution in [-0.2, 0) is 5.44 Å². The van der Waals surface area contributed by atoms with Gasteiger partial charge in [0.15, 0.2) is 5.82 Å². The van der Waals surface area contributed by atoms with Crippen molar-refractivity contribution in [2.75, 3.05) is 15.6 Å². The molecular weight excluding hydrogens is 559 g/mol. The molecular formula is C29H19BClF2N9. The second-order valence-electron chi connectivity index (χ2n) is 9.29. The first-order valence-electron chi connectivity index (χ1n) is 12.5. The summed E-state index contributed by atoms with van der Waals surface area (Å²) in [5, 5.41) is 18.6. The molecule has 204 valence electrons. The molecule has 0 bridgehead atoms. The predicted octanol–water partition coefficient (Wildman–Crippen LogP) is 5.38. The smallest absolute Gasteiger partial charge is 0.249 e. The quantitative estimate of drug-likeness (QED) is 0.150. The minimum absolute atomic E-state index is 0.128. The number of anilines is 4. The molecule has 0 spiro atoms. The van der Waals surface area contributed by atoms with E-state index in [1.807, 2.05) is 42.6 Å². The zero-order valence-electron chi connectivity index (χ0n) is 21.6. The van der Waals surface area contributed by atoms with Crippen LogP contribution < -0.4 is 26.6 Å². The number of nitriles is 1. The Labute approximate surface area is 245 Å². The number of aromatic nitrogens is 3. The van der Waals surface area contributed by atoms with Crippen molar-refractivity contribution in [1.82, 2.24) is 25.9 Å². The minimum atomic E-state index is -1.35. The van der Waals surface area contributed by atoms with Crippen LogP contribution in [0.4, 0.5) is 31.5 Å². The van der Waals surface area contributed by atoms with E-state index >= 15 is 0 Å². The highest BCUT2D eigenvalue weighted by Gasteiger charge is 2.34. The number of benzene rings is 2. The number of hydrazine groups is 2. The second kappa shape index (κ2) is 11.0. The van der Waals surface area contributed by atoms with Gasteiger partial charge in [0.25, 0.3) is 0 Å². The van der Waals surface area contributed by atoms with Gasteiger partial charge in [0.1, 0.15) is 13.9 Å². The van der Waals surface area contributed by atoms with Crippen LogP contribution >= 0.6 is 11.6 Å². The van der Waals surface area contributed by atoms with Crippen LogP contribution in [0.25, 0.3) is 10.9 Å². The summed E-state index contributed by atoms with van der Waals surface area (Å²) in [6, 6.07) is 19.6. The van der Waals surface area contributed by atoms with Crippen molar-refractivity contribution in [3.05, 3.63) is 125 Å². The number of hydrogen-bond donors (Lipinski definition) is 4. The molecule has 4 heterocycles. The molecule has 0 fully saturated rings. The van der Waals surface area contributed by atoms with Crippen LogP contribution in [0.2, 0.25) is 5.02 Å². The van der Waals surface area contributed by atoms with Gasteiger partial charge in [-0.15, -0.1) is 5.53 Å². The first kappa shape index (κ1) is 27.0. The van der Waals surface area contributed by atoms with E-state index in [1.54, 1.807) is 35.6 Å². The first-order valence-corrected chi connectivity index (χ1v) is 12.9. The summed E-state index contributed by atoms with van der Waals surface area (Å²) < 4.78 is 27.4. The maximum Gasteiger partial charge on any atom is 0.249 e. The molecule has 1 aliphatic rings. The molecule has 5 aromatic rings. The molecule has 3 aromatic heterocycles. The average Bonchev–Trinajstić information content (AvgIpc) is 3.52. The van der Waals surface area contributed by atoms with Crippen molar-refractivity contribution in [2.45, 2.75) is 5.44 Å². The standard InChI is InChI=1S/C29H19BClF2N9/c30-29(18-5-4-8-35-14-18,25-16-42(41-40-25)21-6-2-1-3-7-21)39-19-9-22-26(38-20-11-24(32)28(33)37-15-20)17(12-34)13-36-27(22)23(31)10-19/h1-11,13-16,39-41H,(H,36,38). The Morgan fingerprint density at radius 2 is 1.83 bits per heavy atom. The summed E-state index contributed by atoms with van der Waals surface area (Å²) >= 11 is 6.68. The fraction of sp³-hybridized carbons (Fsp3) is 0.0345. The molecule has 1 unspecified atom stereocenters. The molecule has 0 amide bonds. The number of fused-ring (bicyclic) bond motifs is 1. The predicted molar refractivity (Wildman–Crippen MR) is 157 cm³/mol. The fourth-order valence-corrected chi connectivity index (χ4v) is 4.81. The Morgan fingerprint density at radius 1 is 1.00 bits per heavy atom. The van der Waals surface area contributed by atoms with Gasteiger partial charge in [-0.25, -0.2) is 9.37 Å². The Balaban J connectivity index is 1.45. The van der Waals surface area contributed by atoms with E-state index < -0.39 is 17.2 Å². The Hall–Kier alpha value is -5.25. The monoisotopic (exact) mass is 577 g/mol. The lowest BCUT2D eigenvalue weighted by Crippen LogP contribution is -2.45. The number of nitrogens with zero attached hydrogens (tertiary/aromatic N) is 5. The number of rotatable bonds is 7. The van der Waals surface area contributed by atoms with Crippen LogP contribution in [0.15, 0.2) is 97.3 Å². The van der Waals surface area contributed by atoms with Gasteiger partial charge in [-0.05, 0) is 35.9 Å². The molecule has 42 heavy (non-hydrogen) atoms. The van der Waals surface area contributed by atoms with Crippen LogP contribution in [0.1, 0.15) is 11.1 Å². The van der Waals surface area contributed by atoms with E-state index in [-0.39, 0.29) is 22.0 Å². The number of hydrogen-bond acceptors (Lipinski definition) is 9. The first-order chi connectivity index (χ1) is 20.4. The highest BCUT2D eigenvalue weighted by atomic mass is 35.5. The Kier molecular flexibility index (Phi) is 7.04. The fourth-order valence-electron chi connectivity index (χ4n) is 4.55. The summed E-state index contributed by atoms with van der Waals surface area (Å²) in [5.74, 6) is -2.38. The third-order valence-electron chi connectivity index (χ3n) is 6.60. The van der Waals surface area contributed by atoms with Gasteiger partial charge in [0.05, 0.1) is 50.5 Å². The summed E-state index contributed by atoms with van der Waals surface area (Å²) in [6.45, 7) is 0. The molecule has 1 atom stereocenters. The third kappa shape index (κ3) is 5.03. The largest absolute Gasteiger partial charge is 0.378 e. The summed E-state index contributed by atoms with van der Waals surface area (Å²) in [7, 11) is 7.08. The van der Waals surface area contributed by atoms with E-state index in [9.17, 15) is 14.0 Å². The minimum Gasteiger partial charge on any atom is -0.378 e. The molecule has 4 N–H and O–H groups in total. The summed E-state index contributed by atoms with van der Waals surface area (Å²) in [5.41, 5.74) is 8.35. The third-order valence-corrected chi connectivity index (χ3v) is 6.89. The molecule has 1 aliphatic heterocycles. The molecule has 0 saturated heterocycles. The lowest BCUT2D eigenvalue weighted by molar-refractivity contribution is 0.480. The SMILES string of the molecule is [B]C(Nc1cc(Cl)c2ncc(C#N)c(Nc3cnc(F)c(F)c3)c2c1)(C1=CN(c2ccccc2)NN1)c1cccnc1. The van der Waals surface area contributed by atoms with E-state index in [2.05, 4.69) is 42.6 Å². The van der Waals surface area contributed by atoms with Crippen LogP contribution in [0.5, 0.6) is 0 Å². The van der Waals surface area contributed by atoms with E-state index in [4.69, 9.17) is 19.4 Å². The van der Waals surface area contributed by atoms with Gasteiger partial charge < -0.3 is 16.1 Å². The average molecular weight is 578 g/mol. The molecule has 0 aliphatic carbocycles. The van der Waals surface area contributed by atoms with Crippen LogP contribution in [0.3, 0.4) is 0 Å². The Bertz CT molecular complexity index is 1870. The van der Waals surface area contributed by atoms with Gasteiger partial charge in [0, 0.05) is 41.9 Å². The molecule has 0 saturated carbocycles. The maximum atomic E-state index is 13.9. The normalized spacial score (nSPS) is 14.0. The van der Waals surface area contributed by atoms with Gasteiger partial charge in [-0.3, -0.25) is 15.0 Å². The highest BCUT2D eigenvalue weighted by Crippen LogP contribution is 2.38. The Morgan fingerprint density at radius 3 is 2.57 bits per heavy atom. The molecule has 2 aromatic carbocycles. The molecule has 6 rings (SSSR count). The molecule has 13 heteroatoms. The number of pyridine rings is 3. The van der Waals surface area contributed by atoms with Crippen molar-refractivity contribution < 1.29 is 8.78 Å². The van der Waals surface area contributed by atoms with Crippen molar-refractivity contribution in [2.24, 2.45) is 0 Å². The number of halogens is 3. The van der Waals surface area contributed by atoms with Crippen molar-refractivity contribution in [3.63, 3.8) is 0 Å². The maximum absolute atomic E-state index is 13.9. The highest BCUT2D eigenvalue weighted by molar-refractivity contribution is 6.36. The summed E-state index contributed by atoms with van der Waals surface area (Å²) in [6.07, 6.45) is 7.56. The lowest BCUT2D eigenvalue weighted by Gasteiger charge is -2.34. The molecule has 2 radical (unpaired) electrons. The van der Waals surface area contributed by atoms with Gasteiger partial charge >= 0.3 is 0 Å². The second-order valence-corrected chi connectivity index (χ2v) is 9.70. The van der Waals surface area contributed by atoms with Gasteiger partial charge in [-0.2, -0.15) is 9.65 Å². The lowest BCUT2D eigenvalue weighted by atomic mass is 9.70. The van der Waals surface area contributed by atoms with E-state index in [1.165, 1.54) is 6.20 Å². The van der Waals surface area contributed by atoms with Gasteiger partial charge in [0.2, 0.25) is 5.95 Å². The summed E-state index contributed by atoms with van der Waals surface area (Å²) in [4.78, 5) is 12.0. The topological polar surface area (TPSA) is 114 Å². The van der Waals surface area contributed by atoms with Crippen molar-refractivity contribution in [3.8, 4) is 6.07 Å². The van der Waals surface area contributed by atoms with Crippen LogP contribution in [-0.4, -0.2) is 22.8 Å².